The Morgan fingerprint density at radius 1 is 1.19 bits per heavy atom. The van der Waals surface area contributed by atoms with Crippen LogP contribution in [0, 0.1) is 11.3 Å². The molecule has 1 saturated carbocycles. The summed E-state index contributed by atoms with van der Waals surface area (Å²) in [6, 6.07) is 1.14. The van der Waals surface area contributed by atoms with E-state index in [1.165, 1.54) is 12.8 Å². The van der Waals surface area contributed by atoms with Gasteiger partial charge in [0.1, 0.15) is 5.56 Å². The second-order valence-corrected chi connectivity index (χ2v) is 8.25. The van der Waals surface area contributed by atoms with E-state index in [2.05, 4.69) is 18.6 Å². The number of carbonyl (C=O) groups is 3. The van der Waals surface area contributed by atoms with Crippen LogP contribution in [-0.2, 0) is 14.3 Å². The number of aliphatic carboxylic acids is 1. The first-order chi connectivity index (χ1) is 12.5. The minimum absolute atomic E-state index is 0.0568. The molecule has 2 rings (SSSR count). The van der Waals surface area contributed by atoms with Crippen LogP contribution in [0.25, 0.3) is 0 Å². The summed E-state index contributed by atoms with van der Waals surface area (Å²) >= 11 is 17.9. The van der Waals surface area contributed by atoms with Gasteiger partial charge in [-0.1, -0.05) is 48.7 Å². The van der Waals surface area contributed by atoms with Gasteiger partial charge in [0.25, 0.3) is 0 Å². The van der Waals surface area contributed by atoms with Crippen molar-refractivity contribution in [1.82, 2.24) is 0 Å². The molecule has 0 saturated heterocycles. The normalized spacial score (nSPS) is 14.0. The third kappa shape index (κ3) is 5.50. The van der Waals surface area contributed by atoms with Crippen LogP contribution in [0.5, 0.6) is 5.75 Å². The molecule has 0 spiro atoms. The molecule has 27 heavy (non-hydrogen) atoms. The number of benzene rings is 1. The van der Waals surface area contributed by atoms with E-state index in [-0.39, 0.29) is 32.7 Å². The number of rotatable bonds is 7. The zero-order chi connectivity index (χ0) is 20.4. The highest BCUT2D eigenvalue weighted by Gasteiger charge is 2.37. The molecule has 0 radical (unpaired) electrons. The molecule has 0 amide bonds. The standard InChI is InChI=1S/C18H19Cl3O6/c1-18(2,9-4-5-9)6-3-7-26-16(24)12-13(21)10(19)8-11(20)14(12)27-17(25)15(22)23/h8-9H,3-7H2,1-2H3,(H,22,23). The minimum Gasteiger partial charge on any atom is -0.473 e. The fourth-order valence-electron chi connectivity index (χ4n) is 2.83. The Kier molecular flexibility index (Phi) is 7.00. The van der Waals surface area contributed by atoms with Crippen LogP contribution in [0.1, 0.15) is 49.9 Å². The summed E-state index contributed by atoms with van der Waals surface area (Å²) in [7, 11) is 0. The van der Waals surface area contributed by atoms with Gasteiger partial charge in [-0.2, -0.15) is 0 Å². The lowest BCUT2D eigenvalue weighted by Gasteiger charge is -2.24. The van der Waals surface area contributed by atoms with Crippen molar-refractivity contribution in [2.24, 2.45) is 11.3 Å². The second kappa shape index (κ2) is 8.67. The Morgan fingerprint density at radius 2 is 1.81 bits per heavy atom. The van der Waals surface area contributed by atoms with Gasteiger partial charge in [-0.3, -0.25) is 0 Å². The fraction of sp³-hybridized carbons (Fsp3) is 0.500. The molecule has 0 unspecified atom stereocenters. The Balaban J connectivity index is 2.11. The molecule has 1 aromatic rings. The molecule has 9 heteroatoms. The first-order valence-electron chi connectivity index (χ1n) is 8.34. The summed E-state index contributed by atoms with van der Waals surface area (Å²) in [6.07, 6.45) is 3.98. The summed E-state index contributed by atoms with van der Waals surface area (Å²) in [5.41, 5.74) is -0.198. The molecule has 148 valence electrons. The number of hydrogen-bond donors (Lipinski definition) is 1. The van der Waals surface area contributed by atoms with Gasteiger partial charge in [-0.05, 0) is 43.1 Å². The number of carbonyl (C=O) groups excluding carboxylic acids is 2. The first kappa shape index (κ1) is 21.8. The number of esters is 2. The molecule has 0 heterocycles. The fourth-order valence-corrected chi connectivity index (χ4v) is 3.55. The quantitative estimate of drug-likeness (QED) is 0.212. The Hall–Kier alpha value is -1.50. The highest BCUT2D eigenvalue weighted by Crippen LogP contribution is 2.47. The average molecular weight is 438 g/mol. The molecular weight excluding hydrogens is 419 g/mol. The van der Waals surface area contributed by atoms with E-state index < -0.39 is 23.7 Å². The van der Waals surface area contributed by atoms with Crippen LogP contribution >= 0.6 is 34.8 Å². The van der Waals surface area contributed by atoms with Crippen molar-refractivity contribution in [2.75, 3.05) is 6.61 Å². The van der Waals surface area contributed by atoms with E-state index in [9.17, 15) is 14.4 Å². The summed E-state index contributed by atoms with van der Waals surface area (Å²) in [5.74, 6) is -4.16. The number of hydrogen-bond acceptors (Lipinski definition) is 5. The number of ether oxygens (including phenoxy) is 2. The van der Waals surface area contributed by atoms with Crippen molar-refractivity contribution in [3.05, 3.63) is 26.7 Å². The number of carboxylic acid groups (broad SMARTS) is 1. The molecular formula is C18H19Cl3O6. The highest BCUT2D eigenvalue weighted by atomic mass is 35.5. The van der Waals surface area contributed by atoms with E-state index in [1.54, 1.807) is 0 Å². The van der Waals surface area contributed by atoms with Crippen LogP contribution in [0.4, 0.5) is 0 Å². The molecule has 6 nitrogen and oxygen atoms in total. The van der Waals surface area contributed by atoms with Crippen LogP contribution < -0.4 is 4.74 Å². The molecule has 1 fully saturated rings. The predicted molar refractivity (Wildman–Crippen MR) is 101 cm³/mol. The van der Waals surface area contributed by atoms with Gasteiger partial charge >= 0.3 is 17.9 Å². The van der Waals surface area contributed by atoms with E-state index in [4.69, 9.17) is 44.6 Å². The van der Waals surface area contributed by atoms with Crippen LogP contribution in [0.2, 0.25) is 15.1 Å². The van der Waals surface area contributed by atoms with Crippen LogP contribution in [-0.4, -0.2) is 29.6 Å². The van der Waals surface area contributed by atoms with Crippen LogP contribution in [0.3, 0.4) is 0 Å². The SMILES string of the molecule is CC(C)(CCCOC(=O)c1c(Cl)c(Cl)cc(Cl)c1OC(=O)C(=O)O)C1CC1. The zero-order valence-electron chi connectivity index (χ0n) is 14.8. The first-order valence-corrected chi connectivity index (χ1v) is 9.47. The molecule has 0 bridgehead atoms. The third-order valence-corrected chi connectivity index (χ3v) is 5.65. The maximum Gasteiger partial charge on any atom is 0.422 e. The van der Waals surface area contributed by atoms with Gasteiger partial charge in [-0.25, -0.2) is 14.4 Å². The topological polar surface area (TPSA) is 89.9 Å². The Morgan fingerprint density at radius 3 is 2.37 bits per heavy atom. The summed E-state index contributed by atoms with van der Waals surface area (Å²) in [6.45, 7) is 4.49. The molecule has 1 aromatic carbocycles. The lowest BCUT2D eigenvalue weighted by atomic mass is 9.83. The zero-order valence-corrected chi connectivity index (χ0v) is 17.1. The van der Waals surface area contributed by atoms with Gasteiger partial charge in [0, 0.05) is 0 Å². The molecule has 0 aromatic heterocycles. The molecule has 0 aliphatic heterocycles. The molecule has 1 aliphatic carbocycles. The van der Waals surface area contributed by atoms with E-state index in [0.717, 1.165) is 12.5 Å². The monoisotopic (exact) mass is 436 g/mol. The molecule has 1 aliphatic rings. The number of halogens is 3. The Labute approximate surface area is 171 Å². The van der Waals surface area contributed by atoms with Crippen molar-refractivity contribution in [3.8, 4) is 5.75 Å². The van der Waals surface area contributed by atoms with Crippen molar-refractivity contribution in [1.29, 1.82) is 0 Å². The maximum atomic E-state index is 12.5. The number of carboxylic acids is 1. The largest absolute Gasteiger partial charge is 0.473 e. The van der Waals surface area contributed by atoms with E-state index >= 15 is 0 Å². The second-order valence-electron chi connectivity index (χ2n) is 7.06. The van der Waals surface area contributed by atoms with Crippen molar-refractivity contribution >= 4 is 52.7 Å². The lowest BCUT2D eigenvalue weighted by Crippen LogP contribution is -2.21. The average Bonchev–Trinajstić information content (AvgIpc) is 3.42. The third-order valence-electron chi connectivity index (χ3n) is 4.58. The van der Waals surface area contributed by atoms with Gasteiger partial charge in [0.15, 0.2) is 5.75 Å². The van der Waals surface area contributed by atoms with Gasteiger partial charge < -0.3 is 14.6 Å². The van der Waals surface area contributed by atoms with Crippen molar-refractivity contribution in [3.63, 3.8) is 0 Å². The predicted octanol–water partition coefficient (Wildman–Crippen LogP) is 5.01. The van der Waals surface area contributed by atoms with E-state index in [0.29, 0.717) is 12.3 Å². The maximum absolute atomic E-state index is 12.5. The lowest BCUT2D eigenvalue weighted by molar-refractivity contribution is -0.158. The Bertz CT molecular complexity index is 771. The van der Waals surface area contributed by atoms with Gasteiger partial charge in [0.2, 0.25) is 0 Å². The summed E-state index contributed by atoms with van der Waals surface area (Å²) in [4.78, 5) is 34.5. The summed E-state index contributed by atoms with van der Waals surface area (Å²) in [5, 5.41) is 8.16. The summed E-state index contributed by atoms with van der Waals surface area (Å²) < 4.78 is 9.90. The van der Waals surface area contributed by atoms with Crippen LogP contribution in [0.15, 0.2) is 6.07 Å². The van der Waals surface area contributed by atoms with Crippen molar-refractivity contribution < 1.29 is 29.0 Å². The highest BCUT2D eigenvalue weighted by molar-refractivity contribution is 6.46. The van der Waals surface area contributed by atoms with E-state index in [1.807, 2.05) is 0 Å². The smallest absolute Gasteiger partial charge is 0.422 e. The molecule has 0 atom stereocenters. The van der Waals surface area contributed by atoms with Gasteiger partial charge in [-0.15, -0.1) is 0 Å². The molecule has 1 N–H and O–H groups in total. The minimum atomic E-state index is -1.85. The van der Waals surface area contributed by atoms with Gasteiger partial charge in [0.05, 0.1) is 21.7 Å². The van der Waals surface area contributed by atoms with Crippen molar-refractivity contribution in [2.45, 2.75) is 39.5 Å².